The van der Waals surface area contributed by atoms with Crippen LogP contribution in [-0.2, 0) is 0 Å². The quantitative estimate of drug-likeness (QED) is 0.275. The van der Waals surface area contributed by atoms with Gasteiger partial charge in [-0.2, -0.15) is 0 Å². The molecule has 3 heterocycles. The summed E-state index contributed by atoms with van der Waals surface area (Å²) in [4.78, 5) is 17.6. The van der Waals surface area contributed by atoms with Gasteiger partial charge < -0.3 is 14.4 Å². The largest absolute Gasteiger partial charge is 0.454 e. The lowest BCUT2D eigenvalue weighted by Gasteiger charge is -2.28. The highest BCUT2D eigenvalue weighted by Crippen LogP contribution is 2.42. The van der Waals surface area contributed by atoms with Gasteiger partial charge in [-0.05, 0) is 68.1 Å². The van der Waals surface area contributed by atoms with E-state index in [0.717, 1.165) is 82.5 Å². The number of benzene rings is 2. The number of pyridine rings is 1. The fraction of sp³-hybridized carbons (Fsp3) is 0.300. The molecule has 6 heteroatoms. The molecule has 6 nitrogen and oxygen atoms in total. The average molecular weight is 481 g/mol. The van der Waals surface area contributed by atoms with Gasteiger partial charge in [0.05, 0.1) is 17.1 Å². The fourth-order valence-corrected chi connectivity index (χ4v) is 4.84. The summed E-state index contributed by atoms with van der Waals surface area (Å²) < 4.78 is 11.3. The summed E-state index contributed by atoms with van der Waals surface area (Å²) in [6.07, 6.45) is 3.85. The van der Waals surface area contributed by atoms with Crippen LogP contribution in [0.15, 0.2) is 60.8 Å². The van der Waals surface area contributed by atoms with E-state index >= 15 is 0 Å². The predicted octanol–water partition coefficient (Wildman–Crippen LogP) is 6.84. The van der Waals surface area contributed by atoms with Crippen molar-refractivity contribution in [1.82, 2.24) is 15.0 Å². The molecule has 1 aliphatic rings. The molecule has 1 aliphatic heterocycles. The van der Waals surface area contributed by atoms with E-state index in [2.05, 4.69) is 56.9 Å². The maximum absolute atomic E-state index is 5.73. The number of ether oxygens (including phenoxy) is 2. The summed E-state index contributed by atoms with van der Waals surface area (Å²) in [5.74, 6) is 2.20. The van der Waals surface area contributed by atoms with Gasteiger partial charge in [0.15, 0.2) is 17.3 Å². The maximum Gasteiger partial charge on any atom is 0.231 e. The normalized spacial score (nSPS) is 12.1. The molecule has 2 aromatic heterocycles. The van der Waals surface area contributed by atoms with Crippen LogP contribution >= 0.6 is 0 Å². The van der Waals surface area contributed by atoms with E-state index in [-0.39, 0.29) is 6.79 Å². The molecular weight excluding hydrogens is 448 g/mol. The van der Waals surface area contributed by atoms with Gasteiger partial charge in [0, 0.05) is 30.4 Å². The van der Waals surface area contributed by atoms with E-state index in [1.54, 1.807) is 0 Å². The van der Waals surface area contributed by atoms with Gasteiger partial charge in [0.1, 0.15) is 5.69 Å². The minimum absolute atomic E-state index is 0.236. The van der Waals surface area contributed by atoms with Gasteiger partial charge in [0.2, 0.25) is 6.79 Å². The maximum atomic E-state index is 5.73. The molecule has 0 saturated heterocycles. The molecule has 0 radical (unpaired) electrons. The molecule has 0 spiro atoms. The van der Waals surface area contributed by atoms with E-state index in [0.29, 0.717) is 5.82 Å². The third kappa shape index (κ3) is 4.51. The van der Waals surface area contributed by atoms with E-state index in [1.165, 1.54) is 0 Å². The topological polar surface area (TPSA) is 60.4 Å². The summed E-state index contributed by atoms with van der Waals surface area (Å²) in [6.45, 7) is 10.7. The average Bonchev–Trinajstić information content (AvgIpc) is 3.37. The smallest absolute Gasteiger partial charge is 0.231 e. The van der Waals surface area contributed by atoms with Crippen LogP contribution in [0.4, 0.5) is 5.69 Å². The minimum Gasteiger partial charge on any atom is -0.454 e. The molecule has 184 valence electrons. The molecular formula is C30H32N4O2. The number of nitrogens with zero attached hydrogens (tertiary/aromatic N) is 4. The first-order valence-corrected chi connectivity index (χ1v) is 12.7. The highest BCUT2D eigenvalue weighted by Gasteiger charge is 2.25. The summed E-state index contributed by atoms with van der Waals surface area (Å²) in [6, 6.07) is 18.3. The second-order valence-electron chi connectivity index (χ2n) is 9.13. The van der Waals surface area contributed by atoms with Gasteiger partial charge in [-0.15, -0.1) is 0 Å². The minimum atomic E-state index is 0.236. The SMILES string of the molecule is CCCN(CCC)c1c(-c2ccc3c(c2)OCO3)nc(-c2c(C)cccc2C)nc1-c1ccccn1. The van der Waals surface area contributed by atoms with Crippen molar-refractivity contribution in [3.05, 3.63) is 71.9 Å². The van der Waals surface area contributed by atoms with E-state index in [1.807, 2.05) is 36.5 Å². The number of aryl methyl sites for hydroxylation is 2. The van der Waals surface area contributed by atoms with Crippen molar-refractivity contribution in [1.29, 1.82) is 0 Å². The number of fused-ring (bicyclic) bond motifs is 1. The summed E-state index contributed by atoms with van der Waals surface area (Å²) in [5, 5.41) is 0. The lowest BCUT2D eigenvalue weighted by molar-refractivity contribution is 0.174. The Morgan fingerprint density at radius 1 is 0.806 bits per heavy atom. The van der Waals surface area contributed by atoms with Crippen LogP contribution in [0.1, 0.15) is 37.8 Å². The molecule has 0 N–H and O–H groups in total. The third-order valence-corrected chi connectivity index (χ3v) is 6.45. The first kappa shape index (κ1) is 23.8. The Morgan fingerprint density at radius 2 is 1.53 bits per heavy atom. The van der Waals surface area contributed by atoms with Crippen LogP contribution in [0.25, 0.3) is 34.0 Å². The first-order chi connectivity index (χ1) is 17.6. The van der Waals surface area contributed by atoms with Crippen LogP contribution in [-0.4, -0.2) is 34.8 Å². The van der Waals surface area contributed by atoms with Crippen LogP contribution in [0, 0.1) is 13.8 Å². The van der Waals surface area contributed by atoms with Crippen molar-refractivity contribution in [2.24, 2.45) is 0 Å². The monoisotopic (exact) mass is 480 g/mol. The number of hydrogen-bond donors (Lipinski definition) is 0. The number of hydrogen-bond acceptors (Lipinski definition) is 6. The van der Waals surface area contributed by atoms with Crippen LogP contribution < -0.4 is 14.4 Å². The van der Waals surface area contributed by atoms with Crippen molar-refractivity contribution in [2.75, 3.05) is 24.8 Å². The van der Waals surface area contributed by atoms with E-state index in [4.69, 9.17) is 24.4 Å². The molecule has 5 rings (SSSR count). The van der Waals surface area contributed by atoms with Crippen molar-refractivity contribution in [3.63, 3.8) is 0 Å². The molecule has 4 aromatic rings. The van der Waals surface area contributed by atoms with Gasteiger partial charge in [-0.1, -0.05) is 38.1 Å². The molecule has 0 atom stereocenters. The summed E-state index contributed by atoms with van der Waals surface area (Å²) >= 11 is 0. The van der Waals surface area contributed by atoms with Crippen molar-refractivity contribution >= 4 is 5.69 Å². The molecule has 0 saturated carbocycles. The zero-order valence-corrected chi connectivity index (χ0v) is 21.4. The van der Waals surface area contributed by atoms with Gasteiger partial charge >= 0.3 is 0 Å². The van der Waals surface area contributed by atoms with Gasteiger partial charge in [0.25, 0.3) is 0 Å². The number of aromatic nitrogens is 3. The Labute approximate surface area is 213 Å². The van der Waals surface area contributed by atoms with Crippen LogP contribution in [0.5, 0.6) is 11.5 Å². The lowest BCUT2D eigenvalue weighted by Crippen LogP contribution is -2.27. The summed E-state index contributed by atoms with van der Waals surface area (Å²) in [7, 11) is 0. The van der Waals surface area contributed by atoms with Crippen molar-refractivity contribution in [3.8, 4) is 45.5 Å². The number of rotatable bonds is 8. The van der Waals surface area contributed by atoms with Crippen LogP contribution in [0.3, 0.4) is 0 Å². The molecule has 0 unspecified atom stereocenters. The second kappa shape index (κ2) is 10.4. The zero-order chi connectivity index (χ0) is 25.1. The Kier molecular flexibility index (Phi) is 6.85. The number of anilines is 1. The molecule has 0 aliphatic carbocycles. The third-order valence-electron chi connectivity index (χ3n) is 6.45. The Bertz CT molecular complexity index is 1340. The highest BCUT2D eigenvalue weighted by atomic mass is 16.7. The predicted molar refractivity (Wildman–Crippen MR) is 145 cm³/mol. The highest BCUT2D eigenvalue weighted by molar-refractivity contribution is 5.88. The molecule has 2 aromatic carbocycles. The Morgan fingerprint density at radius 3 is 2.22 bits per heavy atom. The molecule has 0 amide bonds. The molecule has 36 heavy (non-hydrogen) atoms. The van der Waals surface area contributed by atoms with E-state index in [9.17, 15) is 0 Å². The molecule has 0 bridgehead atoms. The van der Waals surface area contributed by atoms with Gasteiger partial charge in [-0.25, -0.2) is 9.97 Å². The first-order valence-electron chi connectivity index (χ1n) is 12.7. The molecule has 0 fully saturated rings. The van der Waals surface area contributed by atoms with Gasteiger partial charge in [-0.3, -0.25) is 4.98 Å². The van der Waals surface area contributed by atoms with Crippen molar-refractivity contribution < 1.29 is 9.47 Å². The standard InChI is InChI=1S/C30H32N4O2/c1-5-16-34(17-6-2)29-27(22-13-14-24-25(18-22)36-19-35-24)32-30(26-20(3)10-9-11-21(26)4)33-28(29)23-12-7-8-15-31-23/h7-15,18H,5-6,16-17,19H2,1-4H3. The lowest BCUT2D eigenvalue weighted by atomic mass is 10.00. The fourth-order valence-electron chi connectivity index (χ4n) is 4.84. The Balaban J connectivity index is 1.85. The Hall–Kier alpha value is -3.93. The zero-order valence-electron chi connectivity index (χ0n) is 21.4. The van der Waals surface area contributed by atoms with Crippen molar-refractivity contribution in [2.45, 2.75) is 40.5 Å². The van der Waals surface area contributed by atoms with Crippen LogP contribution in [0.2, 0.25) is 0 Å². The van der Waals surface area contributed by atoms with E-state index < -0.39 is 0 Å². The second-order valence-corrected chi connectivity index (χ2v) is 9.13. The summed E-state index contributed by atoms with van der Waals surface area (Å²) in [5.41, 5.74) is 7.88.